The summed E-state index contributed by atoms with van der Waals surface area (Å²) >= 11 is 0. The Balaban J connectivity index is 1.36. The van der Waals surface area contributed by atoms with Gasteiger partial charge in [0.2, 0.25) is 0 Å². The Bertz CT molecular complexity index is 1130. The van der Waals surface area contributed by atoms with Gasteiger partial charge in [0.25, 0.3) is 0 Å². The molecule has 0 unspecified atom stereocenters. The van der Waals surface area contributed by atoms with E-state index in [-0.39, 0.29) is 0 Å². The van der Waals surface area contributed by atoms with Crippen molar-refractivity contribution in [3.05, 3.63) is 48.4 Å². The Labute approximate surface area is 169 Å². The number of pyridine rings is 1. The molecule has 0 saturated carbocycles. The maximum atomic E-state index is 5.93. The third-order valence-electron chi connectivity index (χ3n) is 5.48. The molecule has 4 aromatic rings. The molecule has 0 radical (unpaired) electrons. The number of rotatable bonds is 6. The van der Waals surface area contributed by atoms with E-state index in [1.165, 1.54) is 25.9 Å². The summed E-state index contributed by atoms with van der Waals surface area (Å²) in [7, 11) is 0. The van der Waals surface area contributed by atoms with Crippen LogP contribution in [0.4, 0.5) is 0 Å². The fraction of sp³-hybridized carbons (Fsp3) is 0.364. The van der Waals surface area contributed by atoms with Gasteiger partial charge in [0.05, 0.1) is 6.61 Å². The van der Waals surface area contributed by atoms with Gasteiger partial charge in [-0.25, -0.2) is 0 Å². The van der Waals surface area contributed by atoms with Crippen LogP contribution in [0.25, 0.3) is 27.8 Å². The van der Waals surface area contributed by atoms with E-state index < -0.39 is 0 Å². The molecule has 0 bridgehead atoms. The van der Waals surface area contributed by atoms with E-state index >= 15 is 0 Å². The molecule has 4 heterocycles. The minimum absolute atomic E-state index is 0.729. The van der Waals surface area contributed by atoms with Crippen molar-refractivity contribution in [2.24, 2.45) is 0 Å². The van der Waals surface area contributed by atoms with Gasteiger partial charge in [-0.1, -0.05) is 0 Å². The number of ether oxygens (including phenoxy) is 1. The smallest absolute Gasteiger partial charge is 0.187 e. The van der Waals surface area contributed by atoms with Gasteiger partial charge in [0.1, 0.15) is 17.0 Å². The zero-order valence-corrected chi connectivity index (χ0v) is 16.6. The van der Waals surface area contributed by atoms with E-state index in [1.807, 2.05) is 43.3 Å². The average molecular weight is 388 g/mol. The molecule has 1 fully saturated rings. The summed E-state index contributed by atoms with van der Waals surface area (Å²) in [5, 5.41) is 14.1. The van der Waals surface area contributed by atoms with Gasteiger partial charge in [0, 0.05) is 23.7 Å². The summed E-state index contributed by atoms with van der Waals surface area (Å²) in [4.78, 5) is 7.07. The van der Waals surface area contributed by atoms with E-state index in [2.05, 4.69) is 20.1 Å². The number of hydrogen-bond donors (Lipinski definition) is 0. The van der Waals surface area contributed by atoms with Gasteiger partial charge in [-0.05, 0) is 75.7 Å². The van der Waals surface area contributed by atoms with E-state index in [1.54, 1.807) is 10.7 Å². The minimum Gasteiger partial charge on any atom is -0.494 e. The van der Waals surface area contributed by atoms with Crippen molar-refractivity contribution in [2.75, 3.05) is 26.2 Å². The van der Waals surface area contributed by atoms with Crippen molar-refractivity contribution < 1.29 is 4.74 Å². The van der Waals surface area contributed by atoms with Gasteiger partial charge in [-0.2, -0.15) is 9.61 Å². The third-order valence-corrected chi connectivity index (χ3v) is 5.48. The number of hydrogen-bond acceptors (Lipinski definition) is 6. The quantitative estimate of drug-likeness (QED) is 0.471. The Morgan fingerprint density at radius 3 is 2.69 bits per heavy atom. The first-order valence-corrected chi connectivity index (χ1v) is 10.2. The highest BCUT2D eigenvalue weighted by molar-refractivity contribution is 5.98. The van der Waals surface area contributed by atoms with Crippen molar-refractivity contribution in [2.45, 2.75) is 26.2 Å². The molecular formula is C22H24N6O. The lowest BCUT2D eigenvalue weighted by molar-refractivity contribution is 0.263. The second-order valence-corrected chi connectivity index (χ2v) is 7.51. The lowest BCUT2D eigenvalue weighted by atomic mass is 10.1. The monoisotopic (exact) mass is 388 g/mol. The first-order valence-electron chi connectivity index (χ1n) is 10.2. The van der Waals surface area contributed by atoms with Crippen LogP contribution >= 0.6 is 0 Å². The molecule has 0 spiro atoms. The van der Waals surface area contributed by atoms with Crippen LogP contribution in [0.5, 0.6) is 5.75 Å². The van der Waals surface area contributed by atoms with Crippen molar-refractivity contribution >= 4 is 16.6 Å². The first-order chi connectivity index (χ1) is 14.3. The summed E-state index contributed by atoms with van der Waals surface area (Å²) < 4.78 is 7.71. The van der Waals surface area contributed by atoms with Crippen LogP contribution in [0.2, 0.25) is 0 Å². The van der Waals surface area contributed by atoms with Crippen LogP contribution in [0.1, 0.15) is 25.1 Å². The molecule has 1 aromatic carbocycles. The van der Waals surface area contributed by atoms with Crippen molar-refractivity contribution in [3.8, 4) is 17.0 Å². The number of aromatic nitrogens is 5. The van der Waals surface area contributed by atoms with Crippen LogP contribution in [-0.4, -0.2) is 55.9 Å². The van der Waals surface area contributed by atoms with Crippen LogP contribution in [-0.2, 0) is 0 Å². The SMILES string of the molecule is Cc1nnc2c3cccnc3c(-c3ccc(OCCCN4CCCC4)cc3)nn12. The highest BCUT2D eigenvalue weighted by atomic mass is 16.5. The predicted molar refractivity (Wildman–Crippen MR) is 112 cm³/mol. The minimum atomic E-state index is 0.729. The maximum Gasteiger partial charge on any atom is 0.187 e. The van der Waals surface area contributed by atoms with E-state index in [0.717, 1.165) is 59.0 Å². The number of benzene rings is 1. The number of fused-ring (bicyclic) bond motifs is 3. The lowest BCUT2D eigenvalue weighted by Gasteiger charge is -2.14. The number of nitrogens with zero attached hydrogens (tertiary/aromatic N) is 6. The van der Waals surface area contributed by atoms with Crippen LogP contribution < -0.4 is 4.74 Å². The zero-order chi connectivity index (χ0) is 19.6. The molecule has 5 rings (SSSR count). The molecule has 0 amide bonds. The molecule has 0 N–H and O–H groups in total. The molecule has 7 heteroatoms. The fourth-order valence-corrected chi connectivity index (χ4v) is 3.96. The van der Waals surface area contributed by atoms with Gasteiger partial charge >= 0.3 is 0 Å². The molecule has 148 valence electrons. The Kier molecular flexibility index (Phi) is 4.81. The summed E-state index contributed by atoms with van der Waals surface area (Å²) in [6, 6.07) is 12.0. The molecule has 3 aromatic heterocycles. The first kappa shape index (κ1) is 18.0. The van der Waals surface area contributed by atoms with Gasteiger partial charge < -0.3 is 9.64 Å². The van der Waals surface area contributed by atoms with Crippen LogP contribution in [0.15, 0.2) is 42.6 Å². The Hall–Kier alpha value is -3.06. The summed E-state index contributed by atoms with van der Waals surface area (Å²) in [6.07, 6.45) is 5.51. The van der Waals surface area contributed by atoms with Gasteiger partial charge in [-0.3, -0.25) is 4.98 Å². The standard InChI is InChI=1S/C22H24N6O/c1-16-24-25-22-19-6-4-11-23-21(19)20(26-28(16)22)17-7-9-18(10-8-17)29-15-5-14-27-12-2-3-13-27/h4,6-11H,2-3,5,12-15H2,1H3. The largest absolute Gasteiger partial charge is 0.494 e. The van der Waals surface area contributed by atoms with Crippen molar-refractivity contribution in [1.82, 2.24) is 29.7 Å². The molecule has 1 aliphatic heterocycles. The second kappa shape index (κ2) is 7.75. The lowest BCUT2D eigenvalue weighted by Crippen LogP contribution is -2.21. The van der Waals surface area contributed by atoms with E-state index in [4.69, 9.17) is 9.84 Å². The van der Waals surface area contributed by atoms with Crippen molar-refractivity contribution in [3.63, 3.8) is 0 Å². The normalized spacial score (nSPS) is 14.8. The van der Waals surface area contributed by atoms with Crippen molar-refractivity contribution in [1.29, 1.82) is 0 Å². The van der Waals surface area contributed by atoms with Crippen LogP contribution in [0, 0.1) is 6.92 Å². The molecule has 1 saturated heterocycles. The van der Waals surface area contributed by atoms with E-state index in [0.29, 0.717) is 0 Å². The maximum absolute atomic E-state index is 5.93. The van der Waals surface area contributed by atoms with E-state index in [9.17, 15) is 0 Å². The second-order valence-electron chi connectivity index (χ2n) is 7.51. The molecule has 0 aliphatic carbocycles. The molecule has 7 nitrogen and oxygen atoms in total. The summed E-state index contributed by atoms with van der Waals surface area (Å²) in [5.41, 5.74) is 3.36. The fourth-order valence-electron chi connectivity index (χ4n) is 3.96. The third kappa shape index (κ3) is 3.53. The zero-order valence-electron chi connectivity index (χ0n) is 16.6. The highest BCUT2D eigenvalue weighted by Crippen LogP contribution is 2.28. The molecule has 0 atom stereocenters. The summed E-state index contributed by atoms with van der Waals surface area (Å²) in [6.45, 7) is 6.24. The Morgan fingerprint density at radius 1 is 1.03 bits per heavy atom. The van der Waals surface area contributed by atoms with Crippen LogP contribution in [0.3, 0.4) is 0 Å². The Morgan fingerprint density at radius 2 is 1.86 bits per heavy atom. The average Bonchev–Trinajstić information content (AvgIpc) is 3.41. The predicted octanol–water partition coefficient (Wildman–Crippen LogP) is 3.51. The molecular weight excluding hydrogens is 364 g/mol. The number of aryl methyl sites for hydroxylation is 1. The topological polar surface area (TPSA) is 68.4 Å². The number of likely N-dealkylation sites (tertiary alicyclic amines) is 1. The van der Waals surface area contributed by atoms with Gasteiger partial charge in [-0.15, -0.1) is 10.2 Å². The highest BCUT2D eigenvalue weighted by Gasteiger charge is 2.15. The summed E-state index contributed by atoms with van der Waals surface area (Å²) in [5.74, 6) is 1.64. The molecule has 29 heavy (non-hydrogen) atoms. The van der Waals surface area contributed by atoms with Gasteiger partial charge in [0.15, 0.2) is 11.5 Å². The molecule has 1 aliphatic rings.